The van der Waals surface area contributed by atoms with Gasteiger partial charge in [-0.1, -0.05) is 11.6 Å². The number of fused-ring (bicyclic) bond motifs is 1. The molecule has 0 aliphatic carbocycles. The van der Waals surface area contributed by atoms with Crippen molar-refractivity contribution < 1.29 is 14.3 Å². The zero-order valence-corrected chi connectivity index (χ0v) is 17.7. The number of hydrogen-bond acceptors (Lipinski definition) is 7. The van der Waals surface area contributed by atoms with Crippen molar-refractivity contribution in [1.29, 1.82) is 0 Å². The van der Waals surface area contributed by atoms with Crippen molar-refractivity contribution in [1.82, 2.24) is 25.7 Å². The number of aromatic nitrogens is 2. The summed E-state index contributed by atoms with van der Waals surface area (Å²) in [7, 11) is 0. The Morgan fingerprint density at radius 1 is 1.14 bits per heavy atom. The molecule has 2 aromatic rings. The van der Waals surface area contributed by atoms with Crippen molar-refractivity contribution in [2.45, 2.75) is 33.2 Å². The number of nitrogens with one attached hydrogen (secondary N) is 2. The van der Waals surface area contributed by atoms with Crippen LogP contribution in [0.4, 0.5) is 0 Å². The van der Waals surface area contributed by atoms with Crippen molar-refractivity contribution in [3.8, 4) is 5.75 Å². The maximum Gasteiger partial charge on any atom is 0.255 e. The van der Waals surface area contributed by atoms with E-state index >= 15 is 0 Å². The Bertz CT molecular complexity index is 854. The lowest BCUT2D eigenvalue weighted by Crippen LogP contribution is -2.35. The van der Waals surface area contributed by atoms with Crippen molar-refractivity contribution >= 4 is 23.2 Å². The molecule has 2 amide bonds. The summed E-state index contributed by atoms with van der Waals surface area (Å²) in [5, 5.41) is 16.0. The first-order valence-electron chi connectivity index (χ1n) is 9.81. The minimum absolute atomic E-state index is 0.00788. The van der Waals surface area contributed by atoms with Crippen LogP contribution in [0.25, 0.3) is 0 Å². The van der Waals surface area contributed by atoms with E-state index in [0.717, 1.165) is 28.5 Å². The molecule has 0 atom stereocenters. The number of carbonyl (C=O) groups is 2. The lowest BCUT2D eigenvalue weighted by atomic mass is 10.1. The predicted molar refractivity (Wildman–Crippen MR) is 111 cm³/mol. The third kappa shape index (κ3) is 6.50. The van der Waals surface area contributed by atoms with Crippen LogP contribution in [0.1, 0.15) is 38.8 Å². The van der Waals surface area contributed by atoms with E-state index in [2.05, 4.69) is 25.7 Å². The number of benzene rings is 1. The van der Waals surface area contributed by atoms with Crippen molar-refractivity contribution in [2.75, 3.05) is 32.8 Å². The highest BCUT2D eigenvalue weighted by Crippen LogP contribution is 2.20. The summed E-state index contributed by atoms with van der Waals surface area (Å²) in [6, 6.07) is 5.53. The molecule has 156 valence electrons. The minimum Gasteiger partial charge on any atom is -0.491 e. The maximum atomic E-state index is 12.7. The molecular formula is C20H27N5O3S. The average molecular weight is 418 g/mol. The van der Waals surface area contributed by atoms with E-state index in [1.165, 1.54) is 0 Å². The van der Waals surface area contributed by atoms with Crippen LogP contribution in [0, 0.1) is 13.8 Å². The summed E-state index contributed by atoms with van der Waals surface area (Å²) in [6.45, 7) is 7.15. The highest BCUT2D eigenvalue weighted by atomic mass is 32.1. The second kappa shape index (κ2) is 10.3. The summed E-state index contributed by atoms with van der Waals surface area (Å²) in [6.07, 6.45) is 1.19. The Labute approximate surface area is 174 Å². The van der Waals surface area contributed by atoms with E-state index in [-0.39, 0.29) is 11.8 Å². The lowest BCUT2D eigenvalue weighted by Gasteiger charge is -2.21. The second-order valence-corrected chi connectivity index (χ2v) is 8.31. The molecule has 9 heteroatoms. The zero-order valence-electron chi connectivity index (χ0n) is 16.9. The van der Waals surface area contributed by atoms with Crippen molar-refractivity contribution in [3.05, 3.63) is 39.3 Å². The number of aryl methyl sites for hydroxylation is 2. The van der Waals surface area contributed by atoms with Gasteiger partial charge in [-0.15, -0.1) is 21.5 Å². The van der Waals surface area contributed by atoms with Crippen LogP contribution in [0.2, 0.25) is 0 Å². The minimum atomic E-state index is -0.158. The van der Waals surface area contributed by atoms with Crippen molar-refractivity contribution in [2.24, 2.45) is 0 Å². The fourth-order valence-electron chi connectivity index (χ4n) is 3.14. The summed E-state index contributed by atoms with van der Waals surface area (Å²) < 4.78 is 5.74. The number of rotatable bonds is 2. The molecule has 1 aromatic carbocycles. The first-order valence-corrected chi connectivity index (χ1v) is 10.6. The molecule has 2 N–H and O–H groups in total. The monoisotopic (exact) mass is 417 g/mol. The number of carbonyl (C=O) groups excluding carboxylic acids is 2. The average Bonchev–Trinajstić information content (AvgIpc) is 3.09. The van der Waals surface area contributed by atoms with Crippen LogP contribution < -0.4 is 15.4 Å². The van der Waals surface area contributed by atoms with Gasteiger partial charge in [0.05, 0.1) is 18.7 Å². The van der Waals surface area contributed by atoms with Gasteiger partial charge in [0.2, 0.25) is 5.91 Å². The first-order chi connectivity index (χ1) is 14.0. The Balaban J connectivity index is 1.71. The summed E-state index contributed by atoms with van der Waals surface area (Å²) in [5.74, 6) is 0.376. The molecule has 0 spiro atoms. The van der Waals surface area contributed by atoms with E-state index in [1.807, 2.05) is 26.0 Å². The molecule has 0 saturated heterocycles. The molecule has 3 rings (SSSR count). The van der Waals surface area contributed by atoms with Gasteiger partial charge >= 0.3 is 0 Å². The molecule has 1 aliphatic rings. The SMILES string of the molecule is Cc1ccc2c(c1)C(=O)NCCN(Cc1nnc(C)s1)CCCC(=O)NCCO2. The molecule has 0 fully saturated rings. The first kappa shape index (κ1) is 21.2. The van der Waals surface area contributed by atoms with Gasteiger partial charge < -0.3 is 15.4 Å². The fraction of sp³-hybridized carbons (Fsp3) is 0.500. The summed E-state index contributed by atoms with van der Waals surface area (Å²) in [5.41, 5.74) is 1.50. The Morgan fingerprint density at radius 2 is 2.00 bits per heavy atom. The van der Waals surface area contributed by atoms with E-state index in [4.69, 9.17) is 4.74 Å². The number of hydrogen-bond donors (Lipinski definition) is 2. The number of nitrogens with zero attached hydrogens (tertiary/aromatic N) is 3. The third-order valence-corrected chi connectivity index (χ3v) is 5.40. The standard InChI is InChI=1S/C20H27N5O3S/c1-14-5-6-17-16(12-14)20(27)22-7-10-25(13-19-24-23-15(2)29-19)9-3-4-18(26)21-8-11-28-17/h5-6,12H,3-4,7-11,13H2,1-2H3,(H,21,26)(H,22,27). The van der Waals surface area contributed by atoms with E-state index < -0.39 is 0 Å². The fourth-order valence-corrected chi connectivity index (χ4v) is 3.89. The molecule has 2 heterocycles. The molecule has 0 radical (unpaired) electrons. The smallest absolute Gasteiger partial charge is 0.255 e. The molecule has 0 bridgehead atoms. The number of amides is 2. The van der Waals surface area contributed by atoms with Crippen molar-refractivity contribution in [3.63, 3.8) is 0 Å². The van der Waals surface area contributed by atoms with Crippen LogP contribution in [-0.4, -0.2) is 59.7 Å². The molecular weight excluding hydrogens is 390 g/mol. The number of ether oxygens (including phenoxy) is 1. The molecule has 0 saturated carbocycles. The predicted octanol–water partition coefficient (Wildman–Crippen LogP) is 1.68. The molecule has 1 aliphatic heterocycles. The van der Waals surface area contributed by atoms with Gasteiger partial charge in [0.1, 0.15) is 22.4 Å². The van der Waals surface area contributed by atoms with Gasteiger partial charge in [-0.3, -0.25) is 14.5 Å². The normalized spacial score (nSPS) is 17.3. The van der Waals surface area contributed by atoms with Gasteiger partial charge in [0.25, 0.3) is 5.91 Å². The molecule has 0 unspecified atom stereocenters. The van der Waals surface area contributed by atoms with Crippen LogP contribution in [-0.2, 0) is 11.3 Å². The van der Waals surface area contributed by atoms with E-state index in [9.17, 15) is 9.59 Å². The lowest BCUT2D eigenvalue weighted by molar-refractivity contribution is -0.121. The second-order valence-electron chi connectivity index (χ2n) is 7.05. The quantitative estimate of drug-likeness (QED) is 0.772. The topological polar surface area (TPSA) is 96.5 Å². The Morgan fingerprint density at radius 3 is 2.79 bits per heavy atom. The van der Waals surface area contributed by atoms with Gasteiger partial charge in [0, 0.05) is 19.5 Å². The van der Waals surface area contributed by atoms with Gasteiger partial charge in [-0.2, -0.15) is 0 Å². The Kier molecular flexibility index (Phi) is 7.54. The summed E-state index contributed by atoms with van der Waals surface area (Å²) >= 11 is 1.57. The molecule has 29 heavy (non-hydrogen) atoms. The van der Waals surface area contributed by atoms with E-state index in [0.29, 0.717) is 50.5 Å². The molecule has 1 aromatic heterocycles. The van der Waals surface area contributed by atoms with Gasteiger partial charge in [0.15, 0.2) is 0 Å². The Hall–Kier alpha value is -2.52. The summed E-state index contributed by atoms with van der Waals surface area (Å²) in [4.78, 5) is 27.0. The highest BCUT2D eigenvalue weighted by Gasteiger charge is 2.15. The zero-order chi connectivity index (χ0) is 20.6. The van der Waals surface area contributed by atoms with E-state index in [1.54, 1.807) is 17.4 Å². The van der Waals surface area contributed by atoms with Crippen LogP contribution in [0.15, 0.2) is 18.2 Å². The van der Waals surface area contributed by atoms with Gasteiger partial charge in [-0.25, -0.2) is 0 Å². The van der Waals surface area contributed by atoms with Gasteiger partial charge in [-0.05, 0) is 38.9 Å². The third-order valence-electron chi connectivity index (χ3n) is 4.58. The maximum absolute atomic E-state index is 12.7. The molecule has 8 nitrogen and oxygen atoms in total. The van der Waals surface area contributed by atoms with Crippen LogP contribution in [0.5, 0.6) is 5.75 Å². The van der Waals surface area contributed by atoms with Crippen LogP contribution >= 0.6 is 11.3 Å². The van der Waals surface area contributed by atoms with Crippen LogP contribution in [0.3, 0.4) is 0 Å². The largest absolute Gasteiger partial charge is 0.491 e. The highest BCUT2D eigenvalue weighted by molar-refractivity contribution is 7.11.